The number of amides is 2. The molecule has 2 aromatic carbocycles. The highest BCUT2D eigenvalue weighted by Crippen LogP contribution is 2.35. The van der Waals surface area contributed by atoms with Crippen LogP contribution in [0.1, 0.15) is 17.3 Å². The van der Waals surface area contributed by atoms with Crippen molar-refractivity contribution in [3.63, 3.8) is 0 Å². The molecule has 0 saturated heterocycles. The number of nitrogens with zero attached hydrogens (tertiary/aromatic N) is 3. The first-order chi connectivity index (χ1) is 15.8. The normalized spacial score (nSPS) is 10.8. The molecule has 1 aromatic heterocycles. The van der Waals surface area contributed by atoms with Crippen LogP contribution >= 0.6 is 11.6 Å². The van der Waals surface area contributed by atoms with Gasteiger partial charge in [0.2, 0.25) is 0 Å². The summed E-state index contributed by atoms with van der Waals surface area (Å²) in [5, 5.41) is 3.55. The third-order valence-electron chi connectivity index (χ3n) is 5.37. The van der Waals surface area contributed by atoms with Gasteiger partial charge in [0.1, 0.15) is 5.56 Å². The fraction of sp³-hybridized carbons (Fsp3) is 0.292. The molecule has 2 amide bonds. The number of aryl methyl sites for hydroxylation is 1. The lowest BCUT2D eigenvalue weighted by molar-refractivity contribution is 0.0983. The maximum absolute atomic E-state index is 13.7. The fourth-order valence-corrected chi connectivity index (χ4v) is 3.78. The number of hydrogen-bond acceptors (Lipinski definition) is 5. The van der Waals surface area contributed by atoms with Gasteiger partial charge in [0, 0.05) is 39.4 Å². The number of halogens is 1. The Hall–Kier alpha value is -3.36. The Morgan fingerprint density at radius 3 is 2.45 bits per heavy atom. The van der Waals surface area contributed by atoms with Gasteiger partial charge in [0.15, 0.2) is 5.75 Å². The second kappa shape index (κ2) is 10.5. The molecule has 0 radical (unpaired) electrons. The van der Waals surface area contributed by atoms with Gasteiger partial charge >= 0.3 is 6.09 Å². The van der Waals surface area contributed by atoms with E-state index in [1.54, 1.807) is 70.5 Å². The topological polar surface area (TPSA) is 83.9 Å². The van der Waals surface area contributed by atoms with Crippen molar-refractivity contribution in [3.8, 4) is 5.75 Å². The minimum absolute atomic E-state index is 0.139. The summed E-state index contributed by atoms with van der Waals surface area (Å²) in [6.45, 7) is 3.04. The van der Waals surface area contributed by atoms with Crippen LogP contribution in [0, 0.1) is 0 Å². The summed E-state index contributed by atoms with van der Waals surface area (Å²) in [6, 6.07) is 14.0. The maximum Gasteiger partial charge on any atom is 0.415 e. The van der Waals surface area contributed by atoms with Crippen LogP contribution < -0.4 is 20.5 Å². The molecular formula is C24H27ClN4O4. The first kappa shape index (κ1) is 24.3. The molecule has 0 spiro atoms. The summed E-state index contributed by atoms with van der Waals surface area (Å²) in [4.78, 5) is 42.8. The smallest absolute Gasteiger partial charge is 0.408 e. The lowest BCUT2D eigenvalue weighted by atomic mass is 10.1. The number of likely N-dealkylation sites (N-methyl/N-ethyl adjacent to an activating group) is 2. The van der Waals surface area contributed by atoms with Gasteiger partial charge in [-0.25, -0.2) is 4.79 Å². The van der Waals surface area contributed by atoms with E-state index in [1.165, 1.54) is 14.4 Å². The van der Waals surface area contributed by atoms with E-state index in [-0.39, 0.29) is 16.3 Å². The number of carbonyl (C=O) groups is 2. The summed E-state index contributed by atoms with van der Waals surface area (Å²) >= 11 is 6.49. The second-order valence-corrected chi connectivity index (χ2v) is 7.89. The van der Waals surface area contributed by atoms with E-state index < -0.39 is 17.6 Å². The summed E-state index contributed by atoms with van der Waals surface area (Å²) in [7, 11) is 4.91. The Balaban J connectivity index is 2.23. The van der Waals surface area contributed by atoms with Crippen LogP contribution in [-0.4, -0.2) is 55.2 Å². The zero-order valence-electron chi connectivity index (χ0n) is 19.1. The van der Waals surface area contributed by atoms with Gasteiger partial charge in [-0.1, -0.05) is 35.9 Å². The first-order valence-electron chi connectivity index (χ1n) is 10.6. The van der Waals surface area contributed by atoms with Crippen molar-refractivity contribution in [1.29, 1.82) is 0 Å². The second-order valence-electron chi connectivity index (χ2n) is 7.48. The molecule has 0 bridgehead atoms. The average molecular weight is 471 g/mol. The standard InChI is InChI=1S/C24H27ClN4O4/c1-5-29(16-10-7-6-8-11-16)23(31)20-21(33-24(32)27(3)15-14-26-2)19-17(25)12-9-13-18(19)28(4)22(20)30/h6-13,26H,5,14-15H2,1-4H3. The number of anilines is 1. The van der Waals surface area contributed by atoms with E-state index in [9.17, 15) is 14.4 Å². The number of benzene rings is 2. The molecule has 0 unspecified atom stereocenters. The maximum atomic E-state index is 13.7. The molecule has 3 rings (SSSR count). The molecule has 0 fully saturated rings. The Bertz CT molecular complexity index is 1230. The largest absolute Gasteiger partial charge is 0.415 e. The van der Waals surface area contributed by atoms with Gasteiger partial charge < -0.3 is 24.4 Å². The molecule has 0 atom stereocenters. The number of hydrogen-bond donors (Lipinski definition) is 1. The highest BCUT2D eigenvalue weighted by Gasteiger charge is 2.30. The van der Waals surface area contributed by atoms with Gasteiger partial charge in [-0.3, -0.25) is 9.59 Å². The molecule has 0 aliphatic heterocycles. The van der Waals surface area contributed by atoms with E-state index in [2.05, 4.69) is 5.32 Å². The predicted molar refractivity (Wildman–Crippen MR) is 131 cm³/mol. The number of ether oxygens (including phenoxy) is 1. The first-order valence-corrected chi connectivity index (χ1v) is 10.9. The molecule has 9 heteroatoms. The number of aromatic nitrogens is 1. The molecule has 0 saturated carbocycles. The Morgan fingerprint density at radius 1 is 1.12 bits per heavy atom. The average Bonchev–Trinajstić information content (AvgIpc) is 2.81. The van der Waals surface area contributed by atoms with E-state index in [4.69, 9.17) is 16.3 Å². The highest BCUT2D eigenvalue weighted by atomic mass is 35.5. The van der Waals surface area contributed by atoms with Gasteiger partial charge in [0.05, 0.1) is 15.9 Å². The molecule has 8 nitrogen and oxygen atoms in total. The monoisotopic (exact) mass is 470 g/mol. The van der Waals surface area contributed by atoms with Crippen molar-refractivity contribution in [3.05, 3.63) is 69.5 Å². The molecule has 3 aromatic rings. The van der Waals surface area contributed by atoms with Gasteiger partial charge in [-0.15, -0.1) is 0 Å². The van der Waals surface area contributed by atoms with Gasteiger partial charge in [-0.05, 0) is 38.2 Å². The van der Waals surface area contributed by atoms with Crippen LogP contribution in [0.4, 0.5) is 10.5 Å². The number of pyridine rings is 1. The minimum Gasteiger partial charge on any atom is -0.408 e. The van der Waals surface area contributed by atoms with Crippen LogP contribution in [0.25, 0.3) is 10.9 Å². The number of nitrogens with one attached hydrogen (secondary N) is 1. The molecule has 174 valence electrons. The quantitative estimate of drug-likeness (QED) is 0.571. The molecule has 0 aliphatic carbocycles. The van der Waals surface area contributed by atoms with E-state index in [0.717, 1.165) is 0 Å². The lowest BCUT2D eigenvalue weighted by Gasteiger charge is -2.24. The van der Waals surface area contributed by atoms with Gasteiger partial charge in [0.25, 0.3) is 11.5 Å². The van der Waals surface area contributed by atoms with Crippen molar-refractivity contribution < 1.29 is 14.3 Å². The minimum atomic E-state index is -0.698. The molecule has 1 N–H and O–H groups in total. The third kappa shape index (κ3) is 4.86. The fourth-order valence-electron chi connectivity index (χ4n) is 3.53. The Morgan fingerprint density at radius 2 is 1.82 bits per heavy atom. The summed E-state index contributed by atoms with van der Waals surface area (Å²) < 4.78 is 7.04. The summed E-state index contributed by atoms with van der Waals surface area (Å²) in [6.07, 6.45) is -0.698. The zero-order chi connectivity index (χ0) is 24.1. The lowest BCUT2D eigenvalue weighted by Crippen LogP contribution is -2.39. The van der Waals surface area contributed by atoms with Crippen molar-refractivity contribution >= 4 is 40.2 Å². The van der Waals surface area contributed by atoms with Crippen molar-refractivity contribution in [2.45, 2.75) is 6.92 Å². The zero-order valence-corrected chi connectivity index (χ0v) is 19.8. The van der Waals surface area contributed by atoms with Crippen LogP contribution in [0.3, 0.4) is 0 Å². The highest BCUT2D eigenvalue weighted by molar-refractivity contribution is 6.36. The number of fused-ring (bicyclic) bond motifs is 1. The number of para-hydroxylation sites is 1. The number of rotatable bonds is 7. The molecule has 1 heterocycles. The Kier molecular flexibility index (Phi) is 7.73. The SMILES string of the molecule is CCN(C(=O)c1c(OC(=O)N(C)CCNC)c2c(Cl)cccc2n(C)c1=O)c1ccccc1. The van der Waals surface area contributed by atoms with E-state index in [0.29, 0.717) is 36.2 Å². The van der Waals surface area contributed by atoms with Crippen LogP contribution in [0.2, 0.25) is 5.02 Å². The third-order valence-corrected chi connectivity index (χ3v) is 5.68. The number of carbonyl (C=O) groups excluding carboxylic acids is 2. The van der Waals surface area contributed by atoms with Crippen molar-refractivity contribution in [2.75, 3.05) is 38.6 Å². The summed E-state index contributed by atoms with van der Waals surface area (Å²) in [5.41, 5.74) is 0.242. The van der Waals surface area contributed by atoms with Crippen LogP contribution in [-0.2, 0) is 7.05 Å². The van der Waals surface area contributed by atoms with Crippen LogP contribution in [0.5, 0.6) is 5.75 Å². The van der Waals surface area contributed by atoms with Gasteiger partial charge in [-0.2, -0.15) is 0 Å². The van der Waals surface area contributed by atoms with Crippen LogP contribution in [0.15, 0.2) is 53.3 Å². The van der Waals surface area contributed by atoms with E-state index >= 15 is 0 Å². The molecule has 33 heavy (non-hydrogen) atoms. The molecule has 0 aliphatic rings. The van der Waals surface area contributed by atoms with Crippen molar-refractivity contribution in [2.24, 2.45) is 7.05 Å². The van der Waals surface area contributed by atoms with E-state index in [1.807, 2.05) is 6.07 Å². The predicted octanol–water partition coefficient (Wildman–Crippen LogP) is 3.51. The summed E-state index contributed by atoms with van der Waals surface area (Å²) in [5.74, 6) is -0.716. The molecular weight excluding hydrogens is 444 g/mol. The van der Waals surface area contributed by atoms with Crippen molar-refractivity contribution in [1.82, 2.24) is 14.8 Å². The Labute approximate surface area is 197 Å².